The van der Waals surface area contributed by atoms with Crippen LogP contribution in [-0.2, 0) is 0 Å². The predicted octanol–water partition coefficient (Wildman–Crippen LogP) is 4.36. The molecule has 0 spiro atoms. The van der Waals surface area contributed by atoms with Crippen LogP contribution in [0.3, 0.4) is 0 Å². The average Bonchev–Trinajstić information content (AvgIpc) is 3.17. The number of thiazole rings is 1. The SMILES string of the molecule is COc1ccc(Nc2nc(C(=O)Nc3cccc(C(C)=O)c3)cs2)c(OC)c1. The van der Waals surface area contributed by atoms with E-state index in [-0.39, 0.29) is 17.4 Å². The van der Waals surface area contributed by atoms with Gasteiger partial charge in [-0.2, -0.15) is 0 Å². The molecule has 0 radical (unpaired) electrons. The van der Waals surface area contributed by atoms with E-state index in [0.29, 0.717) is 33.6 Å². The number of ether oxygens (including phenoxy) is 2. The van der Waals surface area contributed by atoms with Crippen LogP contribution in [0.5, 0.6) is 11.5 Å². The van der Waals surface area contributed by atoms with Gasteiger partial charge in [-0.15, -0.1) is 11.3 Å². The molecule has 0 saturated heterocycles. The summed E-state index contributed by atoms with van der Waals surface area (Å²) in [7, 11) is 3.15. The number of aromatic nitrogens is 1. The highest BCUT2D eigenvalue weighted by Gasteiger charge is 2.13. The van der Waals surface area contributed by atoms with Crippen molar-refractivity contribution in [1.82, 2.24) is 4.98 Å². The van der Waals surface area contributed by atoms with Crippen molar-refractivity contribution in [2.45, 2.75) is 6.92 Å². The van der Waals surface area contributed by atoms with Gasteiger partial charge < -0.3 is 20.1 Å². The van der Waals surface area contributed by atoms with Crippen molar-refractivity contribution >= 4 is 39.5 Å². The number of ketones is 1. The van der Waals surface area contributed by atoms with Crippen molar-refractivity contribution < 1.29 is 19.1 Å². The van der Waals surface area contributed by atoms with Crippen molar-refractivity contribution in [3.63, 3.8) is 0 Å². The van der Waals surface area contributed by atoms with Gasteiger partial charge in [-0.1, -0.05) is 12.1 Å². The highest BCUT2D eigenvalue weighted by atomic mass is 32.1. The van der Waals surface area contributed by atoms with Crippen LogP contribution in [0.1, 0.15) is 27.8 Å². The van der Waals surface area contributed by atoms with Crippen molar-refractivity contribution in [2.24, 2.45) is 0 Å². The predicted molar refractivity (Wildman–Crippen MR) is 109 cm³/mol. The van der Waals surface area contributed by atoms with Crippen molar-refractivity contribution in [3.05, 3.63) is 59.1 Å². The maximum atomic E-state index is 12.4. The van der Waals surface area contributed by atoms with Gasteiger partial charge in [0.05, 0.1) is 19.9 Å². The monoisotopic (exact) mass is 397 g/mol. The number of carbonyl (C=O) groups excluding carboxylic acids is 2. The standard InChI is InChI=1S/C20H19N3O4S/c1-12(24)13-5-4-6-14(9-13)21-19(25)17-11-28-20(23-17)22-16-8-7-15(26-2)10-18(16)27-3/h4-11H,1-3H3,(H,21,25)(H,22,23). The zero-order chi connectivity index (χ0) is 20.1. The molecule has 144 valence electrons. The second kappa shape index (κ2) is 8.53. The fraction of sp³-hybridized carbons (Fsp3) is 0.150. The van der Waals surface area contributed by atoms with Gasteiger partial charge in [0, 0.05) is 22.7 Å². The molecule has 3 rings (SSSR count). The topological polar surface area (TPSA) is 89.5 Å². The molecule has 1 aromatic heterocycles. The molecule has 1 amide bonds. The second-order valence-corrected chi connectivity index (χ2v) is 6.68. The number of rotatable bonds is 7. The summed E-state index contributed by atoms with van der Waals surface area (Å²) in [5.74, 6) is 0.854. The third-order valence-corrected chi connectivity index (χ3v) is 4.67. The van der Waals surface area contributed by atoms with Gasteiger partial charge in [0.1, 0.15) is 17.2 Å². The molecular formula is C20H19N3O4S. The molecule has 1 heterocycles. The van der Waals surface area contributed by atoms with Crippen LogP contribution in [-0.4, -0.2) is 30.9 Å². The highest BCUT2D eigenvalue weighted by molar-refractivity contribution is 7.14. The summed E-state index contributed by atoms with van der Waals surface area (Å²) in [6, 6.07) is 12.1. The molecule has 3 aromatic rings. The first-order chi connectivity index (χ1) is 13.5. The van der Waals surface area contributed by atoms with E-state index in [4.69, 9.17) is 9.47 Å². The van der Waals surface area contributed by atoms with Gasteiger partial charge in [-0.3, -0.25) is 9.59 Å². The van der Waals surface area contributed by atoms with Gasteiger partial charge in [0.25, 0.3) is 5.91 Å². The Morgan fingerprint density at radius 3 is 2.61 bits per heavy atom. The Morgan fingerprint density at radius 2 is 1.89 bits per heavy atom. The zero-order valence-electron chi connectivity index (χ0n) is 15.6. The van der Waals surface area contributed by atoms with Crippen LogP contribution < -0.4 is 20.1 Å². The molecule has 0 saturated carbocycles. The Hall–Kier alpha value is -3.39. The normalized spacial score (nSPS) is 10.2. The summed E-state index contributed by atoms with van der Waals surface area (Å²) >= 11 is 1.30. The fourth-order valence-electron chi connectivity index (χ4n) is 2.46. The molecule has 0 fully saturated rings. The average molecular weight is 397 g/mol. The van der Waals surface area contributed by atoms with E-state index in [1.165, 1.54) is 18.3 Å². The number of nitrogens with one attached hydrogen (secondary N) is 2. The minimum atomic E-state index is -0.355. The lowest BCUT2D eigenvalue weighted by Gasteiger charge is -2.10. The molecule has 8 heteroatoms. The van der Waals surface area contributed by atoms with E-state index in [1.54, 1.807) is 56.0 Å². The zero-order valence-corrected chi connectivity index (χ0v) is 16.4. The largest absolute Gasteiger partial charge is 0.497 e. The Kier molecular flexibility index (Phi) is 5.90. The third-order valence-electron chi connectivity index (χ3n) is 3.91. The second-order valence-electron chi connectivity index (χ2n) is 5.82. The first-order valence-electron chi connectivity index (χ1n) is 8.37. The Morgan fingerprint density at radius 1 is 1.07 bits per heavy atom. The Labute approximate surface area is 166 Å². The lowest BCUT2D eigenvalue weighted by atomic mass is 10.1. The molecule has 28 heavy (non-hydrogen) atoms. The van der Waals surface area contributed by atoms with Crippen molar-refractivity contribution in [2.75, 3.05) is 24.9 Å². The number of amides is 1. The number of hydrogen-bond donors (Lipinski definition) is 2. The van der Waals surface area contributed by atoms with Gasteiger partial charge in [0.2, 0.25) is 0 Å². The minimum Gasteiger partial charge on any atom is -0.497 e. The maximum Gasteiger partial charge on any atom is 0.275 e. The summed E-state index contributed by atoms with van der Waals surface area (Å²) < 4.78 is 10.5. The van der Waals surface area contributed by atoms with Crippen LogP contribution >= 0.6 is 11.3 Å². The lowest BCUT2D eigenvalue weighted by Crippen LogP contribution is -2.12. The van der Waals surface area contributed by atoms with Gasteiger partial charge >= 0.3 is 0 Å². The molecule has 2 N–H and O–H groups in total. The summed E-state index contributed by atoms with van der Waals surface area (Å²) in [5.41, 5.74) is 2.05. The summed E-state index contributed by atoms with van der Waals surface area (Å²) in [6.07, 6.45) is 0. The van der Waals surface area contributed by atoms with Crippen molar-refractivity contribution in [1.29, 1.82) is 0 Å². The molecule has 0 bridgehead atoms. The van der Waals surface area contributed by atoms with Gasteiger partial charge in [-0.25, -0.2) is 4.98 Å². The Bertz CT molecular complexity index is 1020. The molecule has 0 aliphatic carbocycles. The van der Waals surface area contributed by atoms with Gasteiger partial charge in [-0.05, 0) is 31.2 Å². The summed E-state index contributed by atoms with van der Waals surface area (Å²) in [6.45, 7) is 1.48. The van der Waals surface area contributed by atoms with E-state index in [0.717, 1.165) is 0 Å². The lowest BCUT2D eigenvalue weighted by molar-refractivity contribution is 0.100. The first kappa shape index (κ1) is 19.4. The van der Waals surface area contributed by atoms with E-state index in [9.17, 15) is 9.59 Å². The highest BCUT2D eigenvalue weighted by Crippen LogP contribution is 2.32. The number of hydrogen-bond acceptors (Lipinski definition) is 7. The number of Topliss-reactive ketones (excluding diaryl/α,β-unsaturated/α-hetero) is 1. The number of carbonyl (C=O) groups is 2. The third kappa shape index (κ3) is 4.47. The van der Waals surface area contributed by atoms with Crippen LogP contribution in [0.25, 0.3) is 0 Å². The van der Waals surface area contributed by atoms with Crippen LogP contribution in [0.2, 0.25) is 0 Å². The summed E-state index contributed by atoms with van der Waals surface area (Å²) in [5, 5.41) is 8.10. The molecule has 0 aliphatic heterocycles. The van der Waals surface area contributed by atoms with E-state index >= 15 is 0 Å². The number of benzene rings is 2. The van der Waals surface area contributed by atoms with Crippen LogP contribution in [0.4, 0.5) is 16.5 Å². The van der Waals surface area contributed by atoms with Crippen LogP contribution in [0.15, 0.2) is 47.8 Å². The smallest absolute Gasteiger partial charge is 0.275 e. The number of nitrogens with zero attached hydrogens (tertiary/aromatic N) is 1. The van der Waals surface area contributed by atoms with Crippen molar-refractivity contribution in [3.8, 4) is 11.5 Å². The van der Waals surface area contributed by atoms with Gasteiger partial charge in [0.15, 0.2) is 10.9 Å². The van der Waals surface area contributed by atoms with E-state index in [2.05, 4.69) is 15.6 Å². The minimum absolute atomic E-state index is 0.0651. The molecule has 7 nitrogen and oxygen atoms in total. The molecule has 0 unspecified atom stereocenters. The molecule has 2 aromatic carbocycles. The Balaban J connectivity index is 1.72. The maximum absolute atomic E-state index is 12.4. The van der Waals surface area contributed by atoms with Crippen LogP contribution in [0, 0.1) is 0 Å². The quantitative estimate of drug-likeness (QED) is 0.576. The summed E-state index contributed by atoms with van der Waals surface area (Å²) in [4.78, 5) is 28.2. The van der Waals surface area contributed by atoms with E-state index in [1.807, 2.05) is 6.07 Å². The van der Waals surface area contributed by atoms with E-state index < -0.39 is 0 Å². The molecular weight excluding hydrogens is 378 g/mol. The first-order valence-corrected chi connectivity index (χ1v) is 9.25. The fourth-order valence-corrected chi connectivity index (χ4v) is 3.17. The number of anilines is 3. The number of methoxy groups -OCH3 is 2. The molecule has 0 atom stereocenters. The molecule has 0 aliphatic rings.